The van der Waals surface area contributed by atoms with Crippen LogP contribution in [-0.2, 0) is 19.1 Å². The van der Waals surface area contributed by atoms with Crippen LogP contribution in [0, 0.1) is 12.8 Å². The van der Waals surface area contributed by atoms with Crippen LogP contribution in [0.3, 0.4) is 0 Å². The van der Waals surface area contributed by atoms with Crippen LogP contribution >= 0.6 is 0 Å². The van der Waals surface area contributed by atoms with Crippen molar-refractivity contribution < 1.29 is 38.5 Å². The van der Waals surface area contributed by atoms with Crippen molar-refractivity contribution in [3.8, 4) is 11.6 Å². The first kappa shape index (κ1) is 33.5. The van der Waals surface area contributed by atoms with Crippen molar-refractivity contribution >= 4 is 34.8 Å². The van der Waals surface area contributed by atoms with E-state index in [1.165, 1.54) is 4.90 Å². The number of nitrogens with zero attached hydrogens (tertiary/aromatic N) is 2. The minimum atomic E-state index is -1.40. The van der Waals surface area contributed by atoms with Gasteiger partial charge in [-0.05, 0) is 76.8 Å². The van der Waals surface area contributed by atoms with Gasteiger partial charge in [0.1, 0.15) is 29.5 Å². The highest BCUT2D eigenvalue weighted by Gasteiger charge is 2.61. The molecule has 1 saturated heterocycles. The van der Waals surface area contributed by atoms with Gasteiger partial charge in [-0.1, -0.05) is 30.7 Å². The molecular formula is C36H46N4O8. The number of pyridine rings is 1. The molecule has 0 spiro atoms. The van der Waals surface area contributed by atoms with E-state index in [2.05, 4.69) is 15.6 Å². The van der Waals surface area contributed by atoms with Gasteiger partial charge in [-0.25, -0.2) is 14.6 Å². The molecule has 4 aliphatic rings. The number of carbonyl (C=O) groups is 4. The lowest BCUT2D eigenvalue weighted by Gasteiger charge is -2.27. The summed E-state index contributed by atoms with van der Waals surface area (Å²) < 4.78 is 17.9. The molecule has 48 heavy (non-hydrogen) atoms. The number of carboxylic acid groups (broad SMARTS) is 1. The number of hydrogen-bond donors (Lipinski definition) is 3. The average Bonchev–Trinajstić information content (AvgIpc) is 3.33. The van der Waals surface area contributed by atoms with Gasteiger partial charge in [0.2, 0.25) is 17.7 Å². The van der Waals surface area contributed by atoms with Gasteiger partial charge in [-0.15, -0.1) is 0 Å². The van der Waals surface area contributed by atoms with Gasteiger partial charge in [0.15, 0.2) is 0 Å². The first-order valence-corrected chi connectivity index (χ1v) is 17.4. The van der Waals surface area contributed by atoms with E-state index < -0.39 is 41.7 Å². The molecule has 2 saturated carbocycles. The van der Waals surface area contributed by atoms with E-state index in [1.807, 2.05) is 44.2 Å². The number of fused-ring (bicyclic) bond motifs is 3. The van der Waals surface area contributed by atoms with Crippen molar-refractivity contribution in [1.29, 1.82) is 0 Å². The van der Waals surface area contributed by atoms with Crippen LogP contribution in [0.15, 0.2) is 36.4 Å². The molecule has 12 nitrogen and oxygen atoms in total. The third kappa shape index (κ3) is 7.37. The van der Waals surface area contributed by atoms with Crippen molar-refractivity contribution in [3.05, 3.63) is 42.0 Å². The Balaban J connectivity index is 1.26. The van der Waals surface area contributed by atoms with Crippen LogP contribution in [-0.4, -0.2) is 81.8 Å². The number of aromatic nitrogens is 1. The number of ether oxygens (including phenoxy) is 3. The van der Waals surface area contributed by atoms with Crippen molar-refractivity contribution in [1.82, 2.24) is 20.5 Å². The van der Waals surface area contributed by atoms with Gasteiger partial charge < -0.3 is 34.9 Å². The van der Waals surface area contributed by atoms with E-state index >= 15 is 0 Å². The Hall–Kier alpha value is -4.35. The van der Waals surface area contributed by atoms with E-state index in [0.717, 1.165) is 61.4 Å². The number of alkyl carbamates (subject to hydrolysis) is 1. The Morgan fingerprint density at radius 2 is 1.92 bits per heavy atom. The fraction of sp³-hybridized carbons (Fsp3) is 0.583. The third-order valence-corrected chi connectivity index (χ3v) is 10.1. The molecule has 2 aliphatic carbocycles. The lowest BCUT2D eigenvalue weighted by Crippen LogP contribution is -2.53. The van der Waals surface area contributed by atoms with Gasteiger partial charge in [-0.3, -0.25) is 9.59 Å². The number of aliphatic carboxylic acids is 1. The molecule has 0 unspecified atom stereocenters. The number of amides is 3. The summed E-state index contributed by atoms with van der Waals surface area (Å²) in [5.74, 6) is -1.33. The van der Waals surface area contributed by atoms with Gasteiger partial charge in [-0.2, -0.15) is 0 Å². The van der Waals surface area contributed by atoms with E-state index in [9.17, 15) is 24.3 Å². The summed E-state index contributed by atoms with van der Waals surface area (Å²) in [6, 6.07) is 6.06. The molecule has 0 radical (unpaired) electrons. The minimum Gasteiger partial charge on any atom is -0.488 e. The molecule has 3 heterocycles. The Labute approximate surface area is 280 Å². The predicted molar refractivity (Wildman–Crippen MR) is 177 cm³/mol. The molecule has 0 bridgehead atoms. The van der Waals surface area contributed by atoms with Gasteiger partial charge in [0.05, 0.1) is 18.7 Å². The highest BCUT2D eigenvalue weighted by molar-refractivity contribution is 5.95. The van der Waals surface area contributed by atoms with E-state index in [4.69, 9.17) is 14.2 Å². The summed E-state index contributed by atoms with van der Waals surface area (Å²) in [7, 11) is 0. The van der Waals surface area contributed by atoms with Gasteiger partial charge in [0.25, 0.3) is 0 Å². The van der Waals surface area contributed by atoms with Crippen molar-refractivity contribution in [2.45, 2.75) is 114 Å². The molecule has 3 N–H and O–H groups in total. The normalized spacial score (nSPS) is 28.8. The van der Waals surface area contributed by atoms with Crippen molar-refractivity contribution in [2.24, 2.45) is 5.92 Å². The second-order valence-electron chi connectivity index (χ2n) is 13.5. The number of carbonyl (C=O) groups excluding carboxylic acids is 3. The summed E-state index contributed by atoms with van der Waals surface area (Å²) >= 11 is 0. The standard InChI is InChI=1S/C36H46N4O8/c1-3-46-30-19-29(27-16-10-11-22(2)32(27)38-30)47-26-18-28-33(42)39-36(34(43)44)20-23(36)12-6-4-5-7-13-24(17-31(41)40(28)21-26)37-35(45)48-25-14-8-9-15-25/h6,10-12,16,19,23-26,28H,3-5,7-9,13-15,17-18,20-21H2,1-2H3,(H,37,45)(H,39,42)(H,43,44)/b12-6-/t23-,24-,26+,28-,36+/m0/s1. The Morgan fingerprint density at radius 1 is 1.12 bits per heavy atom. The highest BCUT2D eigenvalue weighted by atomic mass is 16.6. The molecule has 5 atom stereocenters. The number of benzene rings is 1. The highest BCUT2D eigenvalue weighted by Crippen LogP contribution is 2.45. The molecule has 3 fully saturated rings. The Bertz CT molecular complexity index is 1570. The zero-order valence-electron chi connectivity index (χ0n) is 27.7. The first-order chi connectivity index (χ1) is 23.2. The molecule has 258 valence electrons. The zero-order valence-corrected chi connectivity index (χ0v) is 27.7. The summed E-state index contributed by atoms with van der Waals surface area (Å²) in [6.07, 6.45) is 9.66. The van der Waals surface area contributed by atoms with Crippen molar-refractivity contribution in [2.75, 3.05) is 13.2 Å². The number of allylic oxidation sites excluding steroid dienone is 1. The second kappa shape index (κ2) is 14.4. The number of hydrogen-bond acceptors (Lipinski definition) is 8. The van der Waals surface area contributed by atoms with Gasteiger partial charge >= 0.3 is 12.1 Å². The molecule has 2 aliphatic heterocycles. The fourth-order valence-electron chi connectivity index (χ4n) is 7.34. The van der Waals surface area contributed by atoms with Crippen LogP contribution in [0.2, 0.25) is 0 Å². The zero-order chi connectivity index (χ0) is 33.8. The molecule has 12 heteroatoms. The van der Waals surface area contributed by atoms with Crippen LogP contribution in [0.1, 0.15) is 83.1 Å². The molecular weight excluding hydrogens is 616 g/mol. The number of carboxylic acids is 1. The van der Waals surface area contributed by atoms with Crippen LogP contribution in [0.5, 0.6) is 11.6 Å². The number of para-hydroxylation sites is 1. The van der Waals surface area contributed by atoms with Crippen molar-refractivity contribution in [3.63, 3.8) is 0 Å². The molecule has 1 aromatic carbocycles. The number of rotatable bonds is 7. The Kier molecular flexibility index (Phi) is 10.1. The molecule has 1 aromatic heterocycles. The number of aryl methyl sites for hydroxylation is 1. The van der Waals surface area contributed by atoms with E-state index in [0.29, 0.717) is 31.1 Å². The maximum Gasteiger partial charge on any atom is 0.407 e. The SMILES string of the molecule is CCOc1cc(O[C@@H]2C[C@H]3C(=O)N[C@]4(C(=O)O)C[C@@H]4/C=C\CCCC[C@H](NC(=O)OC4CCCC4)CC(=O)N3C2)c2cccc(C)c2n1. The first-order valence-electron chi connectivity index (χ1n) is 17.4. The lowest BCUT2D eigenvalue weighted by atomic mass is 10.0. The molecule has 2 aromatic rings. The maximum atomic E-state index is 14.1. The van der Waals surface area contributed by atoms with E-state index in [-0.39, 0.29) is 37.3 Å². The fourth-order valence-corrected chi connectivity index (χ4v) is 7.34. The van der Waals surface area contributed by atoms with Gasteiger partial charge in [0, 0.05) is 36.3 Å². The number of nitrogens with one attached hydrogen (secondary N) is 2. The van der Waals surface area contributed by atoms with Crippen LogP contribution < -0.4 is 20.1 Å². The minimum absolute atomic E-state index is 0.0231. The monoisotopic (exact) mass is 662 g/mol. The molecule has 6 rings (SSSR count). The van der Waals surface area contributed by atoms with E-state index in [1.54, 1.807) is 6.07 Å². The quantitative estimate of drug-likeness (QED) is 0.354. The predicted octanol–water partition coefficient (Wildman–Crippen LogP) is 4.81. The summed E-state index contributed by atoms with van der Waals surface area (Å²) in [5, 5.41) is 16.6. The molecule has 3 amide bonds. The maximum absolute atomic E-state index is 14.1. The van der Waals surface area contributed by atoms with Crippen LogP contribution in [0.25, 0.3) is 10.9 Å². The topological polar surface area (TPSA) is 156 Å². The summed E-state index contributed by atoms with van der Waals surface area (Å²) in [4.78, 5) is 59.3. The summed E-state index contributed by atoms with van der Waals surface area (Å²) in [6.45, 7) is 4.36. The Morgan fingerprint density at radius 3 is 2.69 bits per heavy atom. The van der Waals surface area contributed by atoms with Crippen LogP contribution in [0.4, 0.5) is 4.79 Å². The summed E-state index contributed by atoms with van der Waals surface area (Å²) in [5.41, 5.74) is 0.278. The smallest absolute Gasteiger partial charge is 0.407 e. The average molecular weight is 663 g/mol. The third-order valence-electron chi connectivity index (χ3n) is 10.1. The second-order valence-corrected chi connectivity index (χ2v) is 13.5. The lowest BCUT2D eigenvalue weighted by molar-refractivity contribution is -0.145. The largest absolute Gasteiger partial charge is 0.488 e.